The molecule has 0 radical (unpaired) electrons. The fourth-order valence-electron chi connectivity index (χ4n) is 2.00. The van der Waals surface area contributed by atoms with E-state index in [4.69, 9.17) is 11.6 Å². The molecule has 100 valence electrons. The first-order valence-corrected chi connectivity index (χ1v) is 6.37. The number of nitriles is 1. The van der Waals surface area contributed by atoms with Crippen molar-refractivity contribution in [2.45, 2.75) is 12.8 Å². The number of nitrogens with zero attached hydrogens (tertiary/aromatic N) is 1. The second-order valence-corrected chi connectivity index (χ2v) is 4.80. The fourth-order valence-corrected chi connectivity index (χ4v) is 2.18. The van der Waals surface area contributed by atoms with Gasteiger partial charge in [-0.25, -0.2) is 4.39 Å². The van der Waals surface area contributed by atoms with Gasteiger partial charge in [-0.15, -0.1) is 0 Å². The normalized spacial score (nSPS) is 11.7. The van der Waals surface area contributed by atoms with E-state index in [9.17, 15) is 14.4 Å². The molecule has 0 aliphatic heterocycles. The van der Waals surface area contributed by atoms with Crippen molar-refractivity contribution >= 4 is 17.4 Å². The molecule has 2 aromatic rings. The average Bonchev–Trinajstić information content (AvgIpc) is 2.42. The molecule has 2 nitrogen and oxygen atoms in total. The van der Waals surface area contributed by atoms with Gasteiger partial charge in [0.1, 0.15) is 11.7 Å². The molecule has 2 aromatic carbocycles. The second kappa shape index (κ2) is 5.85. The van der Waals surface area contributed by atoms with Crippen molar-refractivity contribution in [1.29, 1.82) is 5.26 Å². The molecule has 0 spiro atoms. The maximum atomic E-state index is 13.2. The number of hydrogen-bond acceptors (Lipinski definition) is 2. The Morgan fingerprint density at radius 2 is 2.00 bits per heavy atom. The predicted molar refractivity (Wildman–Crippen MR) is 75.3 cm³/mol. The summed E-state index contributed by atoms with van der Waals surface area (Å²) in [7, 11) is 0. The summed E-state index contributed by atoms with van der Waals surface area (Å²) < 4.78 is 13.2. The van der Waals surface area contributed by atoms with Crippen molar-refractivity contribution in [1.82, 2.24) is 0 Å². The molecule has 1 atom stereocenters. The lowest BCUT2D eigenvalue weighted by atomic mass is 9.90. The highest BCUT2D eigenvalue weighted by molar-refractivity contribution is 6.32. The molecule has 1 unspecified atom stereocenters. The van der Waals surface area contributed by atoms with Crippen molar-refractivity contribution < 1.29 is 9.18 Å². The van der Waals surface area contributed by atoms with Gasteiger partial charge in [0.2, 0.25) is 0 Å². The van der Waals surface area contributed by atoms with E-state index in [1.807, 2.05) is 6.07 Å². The Balaban J connectivity index is 2.45. The minimum absolute atomic E-state index is 0.344. The molecule has 0 N–H and O–H groups in total. The van der Waals surface area contributed by atoms with Crippen LogP contribution in [0.1, 0.15) is 27.4 Å². The van der Waals surface area contributed by atoms with Crippen molar-refractivity contribution in [2.75, 3.05) is 0 Å². The van der Waals surface area contributed by atoms with Gasteiger partial charge in [-0.2, -0.15) is 5.26 Å². The third-order valence-electron chi connectivity index (χ3n) is 3.11. The van der Waals surface area contributed by atoms with Crippen LogP contribution >= 0.6 is 11.6 Å². The minimum Gasteiger partial charge on any atom is -0.292 e. The Morgan fingerprint density at radius 3 is 2.65 bits per heavy atom. The van der Waals surface area contributed by atoms with Crippen molar-refractivity contribution in [3.63, 3.8) is 0 Å². The lowest BCUT2D eigenvalue weighted by Crippen LogP contribution is -2.13. The summed E-state index contributed by atoms with van der Waals surface area (Å²) in [6, 6.07) is 12.4. The van der Waals surface area contributed by atoms with Crippen molar-refractivity contribution in [3.05, 3.63) is 70.0 Å². The maximum Gasteiger partial charge on any atom is 0.184 e. The van der Waals surface area contributed by atoms with Crippen LogP contribution in [-0.2, 0) is 0 Å². The van der Waals surface area contributed by atoms with E-state index in [-0.39, 0.29) is 5.78 Å². The Bertz CT molecular complexity index is 706. The van der Waals surface area contributed by atoms with E-state index in [0.29, 0.717) is 21.7 Å². The lowest BCUT2D eigenvalue weighted by molar-refractivity contribution is 0.0978. The summed E-state index contributed by atoms with van der Waals surface area (Å²) in [6.07, 6.45) is 0. The molecule has 0 bridgehead atoms. The van der Waals surface area contributed by atoms with Gasteiger partial charge in [-0.1, -0.05) is 35.9 Å². The van der Waals surface area contributed by atoms with Gasteiger partial charge in [0.25, 0.3) is 0 Å². The monoisotopic (exact) mass is 287 g/mol. The summed E-state index contributed by atoms with van der Waals surface area (Å²) in [4.78, 5) is 12.5. The van der Waals surface area contributed by atoms with E-state index in [1.54, 1.807) is 31.2 Å². The topological polar surface area (TPSA) is 40.9 Å². The van der Waals surface area contributed by atoms with Crippen LogP contribution in [0.2, 0.25) is 5.02 Å². The smallest absolute Gasteiger partial charge is 0.184 e. The van der Waals surface area contributed by atoms with Crippen LogP contribution in [0.5, 0.6) is 0 Å². The predicted octanol–water partition coefficient (Wildman–Crippen LogP) is 4.28. The molecule has 0 fully saturated rings. The first-order chi connectivity index (χ1) is 9.54. The van der Waals surface area contributed by atoms with Crippen LogP contribution in [0, 0.1) is 24.1 Å². The minimum atomic E-state index is -1.04. The summed E-state index contributed by atoms with van der Waals surface area (Å²) in [5, 5.41) is 9.70. The third kappa shape index (κ3) is 2.71. The van der Waals surface area contributed by atoms with Crippen molar-refractivity contribution in [2.24, 2.45) is 0 Å². The fraction of sp³-hybridized carbons (Fsp3) is 0.125. The summed E-state index contributed by atoms with van der Waals surface area (Å²) in [5.74, 6) is -1.89. The average molecular weight is 288 g/mol. The molecule has 0 aliphatic carbocycles. The summed E-state index contributed by atoms with van der Waals surface area (Å²) in [6.45, 7) is 1.72. The Hall–Kier alpha value is -2.18. The van der Waals surface area contributed by atoms with Gasteiger partial charge in [0.15, 0.2) is 5.78 Å². The molecular weight excluding hydrogens is 277 g/mol. The SMILES string of the molecule is Cc1c(Cl)cccc1C(=O)C(C#N)c1cccc(F)c1. The number of carbonyl (C=O) groups excluding carboxylic acids is 1. The summed E-state index contributed by atoms with van der Waals surface area (Å²) in [5.41, 5.74) is 1.35. The van der Waals surface area contributed by atoms with E-state index >= 15 is 0 Å². The van der Waals surface area contributed by atoms with Gasteiger partial charge in [0.05, 0.1) is 6.07 Å². The van der Waals surface area contributed by atoms with Crippen LogP contribution < -0.4 is 0 Å². The third-order valence-corrected chi connectivity index (χ3v) is 3.52. The first-order valence-electron chi connectivity index (χ1n) is 5.99. The molecule has 0 aromatic heterocycles. The van der Waals surface area contributed by atoms with Crippen LogP contribution in [0.4, 0.5) is 4.39 Å². The van der Waals surface area contributed by atoms with Gasteiger partial charge < -0.3 is 0 Å². The number of halogens is 2. The van der Waals surface area contributed by atoms with E-state index in [2.05, 4.69) is 0 Å². The van der Waals surface area contributed by atoms with Crippen LogP contribution in [0.15, 0.2) is 42.5 Å². The lowest BCUT2D eigenvalue weighted by Gasteiger charge is -2.11. The largest absolute Gasteiger partial charge is 0.292 e. The molecule has 0 aliphatic rings. The van der Waals surface area contributed by atoms with Gasteiger partial charge in [-0.05, 0) is 36.2 Å². The highest BCUT2D eigenvalue weighted by Crippen LogP contribution is 2.26. The number of ketones is 1. The molecule has 0 amide bonds. The van der Waals surface area contributed by atoms with E-state index < -0.39 is 11.7 Å². The zero-order valence-corrected chi connectivity index (χ0v) is 11.5. The van der Waals surface area contributed by atoms with Crippen molar-refractivity contribution in [3.8, 4) is 6.07 Å². The Morgan fingerprint density at radius 1 is 1.30 bits per heavy atom. The van der Waals surface area contributed by atoms with Gasteiger partial charge >= 0.3 is 0 Å². The molecule has 0 saturated carbocycles. The molecule has 0 saturated heterocycles. The highest BCUT2D eigenvalue weighted by atomic mass is 35.5. The number of benzene rings is 2. The number of hydrogen-bond donors (Lipinski definition) is 0. The molecule has 0 heterocycles. The van der Waals surface area contributed by atoms with Crippen LogP contribution in [0.25, 0.3) is 0 Å². The van der Waals surface area contributed by atoms with Gasteiger partial charge in [0, 0.05) is 10.6 Å². The standard InChI is InChI=1S/C16H11ClFNO/c1-10-13(6-3-7-15(10)17)16(20)14(9-19)11-4-2-5-12(18)8-11/h2-8,14H,1H3. The van der Waals surface area contributed by atoms with Crippen LogP contribution in [-0.4, -0.2) is 5.78 Å². The number of carbonyl (C=O) groups is 1. The molecule has 4 heteroatoms. The molecule has 20 heavy (non-hydrogen) atoms. The quantitative estimate of drug-likeness (QED) is 0.791. The summed E-state index contributed by atoms with van der Waals surface area (Å²) >= 11 is 5.98. The highest BCUT2D eigenvalue weighted by Gasteiger charge is 2.24. The number of rotatable bonds is 3. The van der Waals surface area contributed by atoms with Crippen LogP contribution in [0.3, 0.4) is 0 Å². The zero-order valence-electron chi connectivity index (χ0n) is 10.7. The number of Topliss-reactive ketones (excluding diaryl/α,β-unsaturated/α-hetero) is 1. The first kappa shape index (κ1) is 14.2. The zero-order chi connectivity index (χ0) is 14.7. The molecule has 2 rings (SSSR count). The second-order valence-electron chi connectivity index (χ2n) is 4.39. The maximum absolute atomic E-state index is 13.2. The van der Waals surface area contributed by atoms with E-state index in [0.717, 1.165) is 0 Å². The van der Waals surface area contributed by atoms with E-state index in [1.165, 1.54) is 18.2 Å². The Kier molecular flexibility index (Phi) is 4.16. The van der Waals surface area contributed by atoms with Gasteiger partial charge in [-0.3, -0.25) is 4.79 Å². The Labute approximate surface area is 121 Å². The molecular formula is C16H11ClFNO.